The van der Waals surface area contributed by atoms with Crippen LogP contribution in [-0.4, -0.2) is 16.7 Å². The average Bonchev–Trinajstić information content (AvgIpc) is 2.87. The maximum absolute atomic E-state index is 5.08. The van der Waals surface area contributed by atoms with Crippen LogP contribution in [0, 0.1) is 3.95 Å². The molecule has 0 aliphatic carbocycles. The predicted molar refractivity (Wildman–Crippen MR) is 71.1 cm³/mol. The minimum absolute atomic E-state index is 0.406. The van der Waals surface area contributed by atoms with E-state index in [2.05, 4.69) is 33.5 Å². The lowest BCUT2D eigenvalue weighted by Gasteiger charge is -2.32. The fraction of sp³-hybridized carbons (Fsp3) is 0.400. The molecule has 84 valence electrons. The van der Waals surface area contributed by atoms with Crippen molar-refractivity contribution in [2.24, 2.45) is 0 Å². The molecule has 2 aromatic rings. The lowest BCUT2D eigenvalue weighted by molar-refractivity contribution is 0.628. The van der Waals surface area contributed by atoms with E-state index in [9.17, 15) is 0 Å². The molecule has 0 saturated carbocycles. The van der Waals surface area contributed by atoms with Gasteiger partial charge in [0.05, 0.1) is 6.04 Å². The molecule has 6 heteroatoms. The van der Waals surface area contributed by atoms with Crippen LogP contribution in [0.3, 0.4) is 0 Å². The van der Waals surface area contributed by atoms with E-state index >= 15 is 0 Å². The summed E-state index contributed by atoms with van der Waals surface area (Å²) >= 11 is 8.49. The SMILES string of the molecule is CC1c2ccsc2CCN1c1n[nH]c(=S)s1. The van der Waals surface area contributed by atoms with Crippen molar-refractivity contribution in [1.29, 1.82) is 0 Å². The number of fused-ring (bicyclic) bond motifs is 1. The highest BCUT2D eigenvalue weighted by atomic mass is 32.1. The number of aromatic amines is 1. The van der Waals surface area contributed by atoms with Crippen molar-refractivity contribution in [3.63, 3.8) is 0 Å². The molecule has 3 nitrogen and oxygen atoms in total. The van der Waals surface area contributed by atoms with Crippen LogP contribution in [0.25, 0.3) is 0 Å². The number of hydrogen-bond acceptors (Lipinski definition) is 5. The van der Waals surface area contributed by atoms with Crippen molar-refractivity contribution in [3.8, 4) is 0 Å². The van der Waals surface area contributed by atoms with E-state index in [0.29, 0.717) is 6.04 Å². The Kier molecular flexibility index (Phi) is 2.57. The topological polar surface area (TPSA) is 31.9 Å². The molecule has 0 saturated heterocycles. The fourth-order valence-electron chi connectivity index (χ4n) is 2.12. The Labute approximate surface area is 107 Å². The number of rotatable bonds is 1. The van der Waals surface area contributed by atoms with Gasteiger partial charge in [0.25, 0.3) is 0 Å². The quantitative estimate of drug-likeness (QED) is 0.805. The highest BCUT2D eigenvalue weighted by Gasteiger charge is 2.26. The average molecular weight is 269 g/mol. The summed E-state index contributed by atoms with van der Waals surface area (Å²) in [5.74, 6) is 0. The molecule has 0 bridgehead atoms. The number of nitrogens with zero attached hydrogens (tertiary/aromatic N) is 2. The van der Waals surface area contributed by atoms with Gasteiger partial charge in [-0.2, -0.15) is 0 Å². The van der Waals surface area contributed by atoms with Gasteiger partial charge < -0.3 is 4.90 Å². The molecule has 0 amide bonds. The van der Waals surface area contributed by atoms with Crippen LogP contribution >= 0.6 is 34.9 Å². The highest BCUT2D eigenvalue weighted by Crippen LogP contribution is 2.36. The van der Waals surface area contributed by atoms with Gasteiger partial charge in [-0.15, -0.1) is 16.4 Å². The second-order valence-electron chi connectivity index (χ2n) is 3.81. The maximum Gasteiger partial charge on any atom is 0.207 e. The summed E-state index contributed by atoms with van der Waals surface area (Å²) in [6, 6.07) is 2.63. The van der Waals surface area contributed by atoms with Gasteiger partial charge in [-0.3, -0.25) is 5.10 Å². The summed E-state index contributed by atoms with van der Waals surface area (Å²) in [5, 5.41) is 10.3. The Morgan fingerprint density at radius 2 is 2.50 bits per heavy atom. The molecule has 1 aliphatic heterocycles. The third kappa shape index (κ3) is 1.61. The molecule has 2 aromatic heterocycles. The molecule has 1 aliphatic rings. The lowest BCUT2D eigenvalue weighted by Crippen LogP contribution is -2.32. The molecule has 3 heterocycles. The third-order valence-corrected chi connectivity index (χ3v) is 5.07. The van der Waals surface area contributed by atoms with Crippen molar-refractivity contribution < 1.29 is 0 Å². The van der Waals surface area contributed by atoms with E-state index in [1.165, 1.54) is 10.4 Å². The van der Waals surface area contributed by atoms with Crippen LogP contribution in [0.4, 0.5) is 5.13 Å². The van der Waals surface area contributed by atoms with E-state index in [1.54, 1.807) is 11.3 Å². The van der Waals surface area contributed by atoms with Crippen LogP contribution in [0.5, 0.6) is 0 Å². The number of nitrogens with one attached hydrogen (secondary N) is 1. The molecule has 0 radical (unpaired) electrons. The van der Waals surface area contributed by atoms with Gasteiger partial charge in [0.2, 0.25) is 5.13 Å². The summed E-state index contributed by atoms with van der Waals surface area (Å²) in [6.45, 7) is 3.26. The minimum atomic E-state index is 0.406. The fourth-order valence-corrected chi connectivity index (χ4v) is 4.06. The number of thiophene rings is 1. The first-order chi connectivity index (χ1) is 7.75. The van der Waals surface area contributed by atoms with Crippen molar-refractivity contribution in [2.75, 3.05) is 11.4 Å². The normalized spacial score (nSPS) is 19.8. The van der Waals surface area contributed by atoms with E-state index in [-0.39, 0.29) is 0 Å². The number of aromatic nitrogens is 2. The summed E-state index contributed by atoms with van der Waals surface area (Å²) in [6.07, 6.45) is 1.11. The molecular formula is C10H11N3S3. The van der Waals surface area contributed by atoms with Gasteiger partial charge in [-0.25, -0.2) is 0 Å². The Bertz CT molecular complexity index is 553. The van der Waals surface area contributed by atoms with Crippen LogP contribution in [0.15, 0.2) is 11.4 Å². The Morgan fingerprint density at radius 1 is 1.62 bits per heavy atom. The third-order valence-electron chi connectivity index (χ3n) is 2.95. The molecule has 0 aromatic carbocycles. The first-order valence-corrected chi connectivity index (χ1v) is 7.24. The van der Waals surface area contributed by atoms with Gasteiger partial charge in [-0.1, -0.05) is 11.3 Å². The number of anilines is 1. The maximum atomic E-state index is 5.08. The standard InChI is InChI=1S/C10H11N3S3/c1-6-7-3-5-15-8(7)2-4-13(6)9-11-12-10(14)16-9/h3,5-6H,2,4H2,1H3,(H,12,14). The van der Waals surface area contributed by atoms with Crippen LogP contribution in [0.2, 0.25) is 0 Å². The zero-order valence-electron chi connectivity index (χ0n) is 8.77. The molecule has 1 unspecified atom stereocenters. The van der Waals surface area contributed by atoms with Crippen LogP contribution in [-0.2, 0) is 6.42 Å². The minimum Gasteiger partial charge on any atom is -0.340 e. The highest BCUT2D eigenvalue weighted by molar-refractivity contribution is 7.73. The van der Waals surface area contributed by atoms with Gasteiger partial charge in [0.15, 0.2) is 3.95 Å². The van der Waals surface area contributed by atoms with E-state index in [4.69, 9.17) is 12.2 Å². The van der Waals surface area contributed by atoms with Gasteiger partial charge in [0.1, 0.15) is 0 Å². The molecule has 1 N–H and O–H groups in total. The zero-order valence-corrected chi connectivity index (χ0v) is 11.2. The molecular weight excluding hydrogens is 258 g/mol. The Hall–Kier alpha value is -0.720. The number of H-pyrrole nitrogens is 1. The Morgan fingerprint density at radius 3 is 3.25 bits per heavy atom. The summed E-state index contributed by atoms with van der Waals surface area (Å²) in [7, 11) is 0. The van der Waals surface area contributed by atoms with Crippen molar-refractivity contribution in [2.45, 2.75) is 19.4 Å². The van der Waals surface area contributed by atoms with Crippen molar-refractivity contribution >= 4 is 40.0 Å². The second kappa shape index (κ2) is 3.94. The largest absolute Gasteiger partial charge is 0.340 e. The predicted octanol–water partition coefficient (Wildman–Crippen LogP) is 3.39. The zero-order chi connectivity index (χ0) is 11.1. The molecule has 16 heavy (non-hydrogen) atoms. The molecule has 1 atom stereocenters. The van der Waals surface area contributed by atoms with Crippen LogP contribution < -0.4 is 4.90 Å². The summed E-state index contributed by atoms with van der Waals surface area (Å²) in [4.78, 5) is 3.84. The first kappa shape index (κ1) is 10.4. The van der Waals surface area contributed by atoms with Crippen molar-refractivity contribution in [3.05, 3.63) is 25.8 Å². The lowest BCUT2D eigenvalue weighted by atomic mass is 10.0. The van der Waals surface area contributed by atoms with Gasteiger partial charge >= 0.3 is 0 Å². The molecule has 0 spiro atoms. The smallest absolute Gasteiger partial charge is 0.207 e. The van der Waals surface area contributed by atoms with Gasteiger partial charge in [0, 0.05) is 11.4 Å². The Balaban J connectivity index is 1.98. The molecule has 3 rings (SSSR count). The van der Waals surface area contributed by atoms with Crippen LogP contribution in [0.1, 0.15) is 23.4 Å². The molecule has 0 fully saturated rings. The van der Waals surface area contributed by atoms with E-state index in [1.807, 2.05) is 11.3 Å². The monoisotopic (exact) mass is 269 g/mol. The van der Waals surface area contributed by atoms with Crippen molar-refractivity contribution in [1.82, 2.24) is 10.2 Å². The summed E-state index contributed by atoms with van der Waals surface area (Å²) in [5.41, 5.74) is 1.44. The number of hydrogen-bond donors (Lipinski definition) is 1. The summed E-state index contributed by atoms with van der Waals surface area (Å²) < 4.78 is 0.748. The second-order valence-corrected chi connectivity index (χ2v) is 6.46. The first-order valence-electron chi connectivity index (χ1n) is 5.14. The van der Waals surface area contributed by atoms with E-state index < -0.39 is 0 Å². The van der Waals surface area contributed by atoms with E-state index in [0.717, 1.165) is 22.1 Å². The van der Waals surface area contributed by atoms with Gasteiger partial charge in [-0.05, 0) is 42.6 Å².